The average molecular weight is 493 g/mol. The van der Waals surface area contributed by atoms with Gasteiger partial charge in [-0.2, -0.15) is 13.2 Å². The Labute approximate surface area is 192 Å². The fraction of sp³-hybridized carbons (Fsp3) is 0.190. The van der Waals surface area contributed by atoms with Crippen LogP contribution in [0, 0.1) is 5.82 Å². The third-order valence-corrected chi connectivity index (χ3v) is 5.86. The predicted octanol–water partition coefficient (Wildman–Crippen LogP) is 3.09. The maximum Gasteiger partial charge on any atom is 0.416 e. The molecule has 3 heterocycles. The van der Waals surface area contributed by atoms with Gasteiger partial charge in [0.05, 0.1) is 23.1 Å². The molecule has 4 rings (SSSR count). The summed E-state index contributed by atoms with van der Waals surface area (Å²) in [5.74, 6) is -1.64. The molecule has 4 aromatic rings. The molecule has 1 amide bonds. The van der Waals surface area contributed by atoms with Gasteiger partial charge >= 0.3 is 11.9 Å². The molecule has 0 fully saturated rings. The van der Waals surface area contributed by atoms with E-state index < -0.39 is 34.7 Å². The van der Waals surface area contributed by atoms with Gasteiger partial charge in [-0.3, -0.25) is 18.7 Å². The minimum atomic E-state index is -4.68. The molecule has 0 radical (unpaired) electrons. The van der Waals surface area contributed by atoms with E-state index >= 15 is 0 Å². The monoisotopic (exact) mass is 493 g/mol. The Morgan fingerprint density at radius 3 is 2.56 bits per heavy atom. The molecule has 8 nitrogen and oxygen atoms in total. The summed E-state index contributed by atoms with van der Waals surface area (Å²) in [4.78, 5) is 45.4. The van der Waals surface area contributed by atoms with Crippen molar-refractivity contribution in [3.63, 3.8) is 0 Å². The number of rotatable bonds is 4. The number of thiazole rings is 1. The smallest absolute Gasteiger partial charge is 0.302 e. The molecular formula is C21H15F4N5O3S. The molecule has 0 aliphatic carbocycles. The third kappa shape index (κ3) is 4.21. The second-order valence-corrected chi connectivity index (χ2v) is 8.19. The maximum atomic E-state index is 14.2. The summed E-state index contributed by atoms with van der Waals surface area (Å²) in [5.41, 5.74) is -1.89. The highest BCUT2D eigenvalue weighted by Gasteiger charge is 2.31. The molecule has 3 aromatic heterocycles. The first-order valence-corrected chi connectivity index (χ1v) is 10.5. The first-order valence-electron chi connectivity index (χ1n) is 9.63. The molecule has 0 aliphatic rings. The summed E-state index contributed by atoms with van der Waals surface area (Å²) in [7, 11) is 2.77. The van der Waals surface area contributed by atoms with E-state index in [2.05, 4.69) is 15.3 Å². The van der Waals surface area contributed by atoms with Gasteiger partial charge in [-0.15, -0.1) is 11.3 Å². The molecule has 13 heteroatoms. The number of fused-ring (bicyclic) bond motifs is 1. The number of carbonyl (C=O) groups excluding carboxylic acids is 1. The molecule has 0 unspecified atom stereocenters. The normalized spacial score (nSPS) is 11.7. The Bertz CT molecular complexity index is 1560. The van der Waals surface area contributed by atoms with Gasteiger partial charge in [0.2, 0.25) is 5.91 Å². The second kappa shape index (κ2) is 8.48. The van der Waals surface area contributed by atoms with Crippen LogP contribution < -0.4 is 16.6 Å². The molecule has 34 heavy (non-hydrogen) atoms. The standard InChI is InChI=1S/C21H15F4N5O3S/c1-29-17-16(18(32)30(2)20(29)33)10(5-6-26-17)7-15(31)28-19-27-14(9-34-19)12-4-3-11(8-13(12)22)21(23,24)25/h3-6,8-9H,7H2,1-2H3,(H,27,28,31). The van der Waals surface area contributed by atoms with Crippen LogP contribution in [0.25, 0.3) is 22.3 Å². The van der Waals surface area contributed by atoms with Crippen molar-refractivity contribution in [1.82, 2.24) is 19.1 Å². The van der Waals surface area contributed by atoms with Crippen LogP contribution >= 0.6 is 11.3 Å². The number of amides is 1. The second-order valence-electron chi connectivity index (χ2n) is 7.33. The zero-order valence-electron chi connectivity index (χ0n) is 17.6. The first-order chi connectivity index (χ1) is 16.0. The molecule has 1 aromatic carbocycles. The number of benzene rings is 1. The van der Waals surface area contributed by atoms with Crippen molar-refractivity contribution < 1.29 is 22.4 Å². The van der Waals surface area contributed by atoms with Gasteiger partial charge in [0.15, 0.2) is 5.13 Å². The van der Waals surface area contributed by atoms with Crippen LogP contribution in [0.4, 0.5) is 22.7 Å². The van der Waals surface area contributed by atoms with E-state index in [9.17, 15) is 31.9 Å². The molecule has 0 atom stereocenters. The first kappa shape index (κ1) is 23.3. The fourth-order valence-electron chi connectivity index (χ4n) is 3.38. The number of aromatic nitrogens is 4. The molecule has 0 saturated heterocycles. The number of alkyl halides is 3. The molecule has 176 valence electrons. The molecule has 0 saturated carbocycles. The summed E-state index contributed by atoms with van der Waals surface area (Å²) >= 11 is 0.960. The van der Waals surface area contributed by atoms with E-state index in [1.165, 1.54) is 36.3 Å². The van der Waals surface area contributed by atoms with Gasteiger partial charge in [-0.05, 0) is 29.8 Å². The minimum absolute atomic E-state index is 0.0600. The number of aryl methyl sites for hydroxylation is 1. The van der Waals surface area contributed by atoms with Gasteiger partial charge in [-0.25, -0.2) is 19.2 Å². The Kier molecular flexibility index (Phi) is 5.81. The van der Waals surface area contributed by atoms with Gasteiger partial charge in [0.25, 0.3) is 5.56 Å². The lowest BCUT2D eigenvalue weighted by Crippen LogP contribution is -2.37. The topological polar surface area (TPSA) is 98.9 Å². The highest BCUT2D eigenvalue weighted by Crippen LogP contribution is 2.33. The van der Waals surface area contributed by atoms with Crippen molar-refractivity contribution in [3.8, 4) is 11.3 Å². The van der Waals surface area contributed by atoms with Crippen molar-refractivity contribution >= 4 is 33.4 Å². The van der Waals surface area contributed by atoms with E-state index in [4.69, 9.17) is 0 Å². The van der Waals surface area contributed by atoms with Gasteiger partial charge in [-0.1, -0.05) is 0 Å². The van der Waals surface area contributed by atoms with Crippen LogP contribution in [0.15, 0.2) is 45.4 Å². The lowest BCUT2D eigenvalue weighted by atomic mass is 10.1. The molecular weight excluding hydrogens is 478 g/mol. The van der Waals surface area contributed by atoms with E-state index in [-0.39, 0.29) is 33.8 Å². The Morgan fingerprint density at radius 1 is 1.15 bits per heavy atom. The minimum Gasteiger partial charge on any atom is -0.302 e. The Morgan fingerprint density at radius 2 is 1.88 bits per heavy atom. The van der Waals surface area contributed by atoms with Crippen LogP contribution in [0.2, 0.25) is 0 Å². The van der Waals surface area contributed by atoms with E-state index in [0.29, 0.717) is 11.6 Å². The van der Waals surface area contributed by atoms with E-state index in [1.54, 1.807) is 0 Å². The van der Waals surface area contributed by atoms with Crippen LogP contribution in [0.1, 0.15) is 11.1 Å². The van der Waals surface area contributed by atoms with Crippen molar-refractivity contribution in [2.24, 2.45) is 14.1 Å². The van der Waals surface area contributed by atoms with Crippen LogP contribution in [-0.4, -0.2) is 25.0 Å². The van der Waals surface area contributed by atoms with Crippen molar-refractivity contribution in [2.75, 3.05) is 5.32 Å². The van der Waals surface area contributed by atoms with E-state index in [0.717, 1.165) is 28.0 Å². The van der Waals surface area contributed by atoms with Gasteiger partial charge in [0, 0.05) is 31.2 Å². The molecule has 0 aliphatic heterocycles. The summed E-state index contributed by atoms with van der Waals surface area (Å²) in [5, 5.41) is 4.14. The summed E-state index contributed by atoms with van der Waals surface area (Å²) in [6, 6.07) is 3.59. The molecule has 0 spiro atoms. The largest absolute Gasteiger partial charge is 0.416 e. The fourth-order valence-corrected chi connectivity index (χ4v) is 4.11. The number of hydrogen-bond donors (Lipinski definition) is 1. The summed E-state index contributed by atoms with van der Waals surface area (Å²) < 4.78 is 54.6. The molecule has 1 N–H and O–H groups in total. The predicted molar refractivity (Wildman–Crippen MR) is 117 cm³/mol. The van der Waals surface area contributed by atoms with E-state index in [1.807, 2.05) is 0 Å². The Balaban J connectivity index is 1.58. The summed E-state index contributed by atoms with van der Waals surface area (Å²) in [6.45, 7) is 0. The number of pyridine rings is 1. The quantitative estimate of drug-likeness (QED) is 0.441. The average Bonchev–Trinajstić information content (AvgIpc) is 3.23. The number of halogens is 4. The van der Waals surface area contributed by atoms with Gasteiger partial charge < -0.3 is 5.32 Å². The Hall–Kier alpha value is -3.87. The van der Waals surface area contributed by atoms with Crippen molar-refractivity contribution in [3.05, 3.63) is 73.6 Å². The van der Waals surface area contributed by atoms with Gasteiger partial charge in [0.1, 0.15) is 11.5 Å². The molecule has 0 bridgehead atoms. The zero-order valence-corrected chi connectivity index (χ0v) is 18.4. The number of anilines is 1. The highest BCUT2D eigenvalue weighted by atomic mass is 32.1. The van der Waals surface area contributed by atoms with Crippen LogP contribution in [0.3, 0.4) is 0 Å². The lowest BCUT2D eigenvalue weighted by molar-refractivity contribution is -0.137. The SMILES string of the molecule is Cn1c(=O)c2c(CC(=O)Nc3nc(-c4ccc(C(F)(F)F)cc4F)cs3)ccnc2n(C)c1=O. The van der Waals surface area contributed by atoms with Crippen LogP contribution in [-0.2, 0) is 31.5 Å². The maximum absolute atomic E-state index is 14.2. The lowest BCUT2D eigenvalue weighted by Gasteiger charge is -2.10. The number of carbonyl (C=O) groups is 1. The van der Waals surface area contributed by atoms with Crippen molar-refractivity contribution in [2.45, 2.75) is 12.6 Å². The highest BCUT2D eigenvalue weighted by molar-refractivity contribution is 7.14. The number of nitrogens with zero attached hydrogens (tertiary/aromatic N) is 4. The number of nitrogens with one attached hydrogen (secondary N) is 1. The van der Waals surface area contributed by atoms with Crippen LogP contribution in [0.5, 0.6) is 0 Å². The zero-order chi connectivity index (χ0) is 24.8. The third-order valence-electron chi connectivity index (χ3n) is 5.10. The van der Waals surface area contributed by atoms with Crippen molar-refractivity contribution in [1.29, 1.82) is 0 Å². The summed E-state index contributed by atoms with van der Waals surface area (Å²) in [6.07, 6.45) is -3.54. The number of hydrogen-bond acceptors (Lipinski definition) is 6.